The van der Waals surface area contributed by atoms with Crippen LogP contribution >= 0.6 is 0 Å². The molecule has 9 nitrogen and oxygen atoms in total. The predicted molar refractivity (Wildman–Crippen MR) is 117 cm³/mol. The molecule has 0 aliphatic heterocycles. The first-order valence-electron chi connectivity index (χ1n) is 9.13. The summed E-state index contributed by atoms with van der Waals surface area (Å²) >= 11 is 0. The van der Waals surface area contributed by atoms with Gasteiger partial charge in [-0.15, -0.1) is 0 Å². The highest BCUT2D eigenvalue weighted by Crippen LogP contribution is 2.32. The second-order valence-corrected chi connectivity index (χ2v) is 8.12. The van der Waals surface area contributed by atoms with E-state index in [1.54, 1.807) is 32.4 Å². The molecule has 0 saturated heterocycles. The van der Waals surface area contributed by atoms with E-state index in [-0.39, 0.29) is 4.90 Å². The second kappa shape index (κ2) is 8.17. The van der Waals surface area contributed by atoms with Crippen molar-refractivity contribution in [2.75, 3.05) is 19.5 Å². The van der Waals surface area contributed by atoms with E-state index in [0.29, 0.717) is 45.4 Å². The minimum atomic E-state index is -3.85. The lowest BCUT2D eigenvalue weighted by Crippen LogP contribution is -2.12. The summed E-state index contributed by atoms with van der Waals surface area (Å²) in [4.78, 5) is 13.5. The van der Waals surface area contributed by atoms with Crippen molar-refractivity contribution in [3.63, 3.8) is 0 Å². The van der Waals surface area contributed by atoms with Crippen LogP contribution in [0.2, 0.25) is 0 Å². The highest BCUT2D eigenvalue weighted by Gasteiger charge is 2.15. The van der Waals surface area contributed by atoms with Gasteiger partial charge in [0.05, 0.1) is 30.9 Å². The molecule has 0 fully saturated rings. The van der Waals surface area contributed by atoms with Gasteiger partial charge in [-0.05, 0) is 24.3 Å². The van der Waals surface area contributed by atoms with E-state index in [1.807, 2.05) is 24.3 Å². The molecule has 31 heavy (non-hydrogen) atoms. The number of fused-ring (bicyclic) bond motifs is 1. The van der Waals surface area contributed by atoms with Gasteiger partial charge in [0.1, 0.15) is 22.1 Å². The highest BCUT2D eigenvalue weighted by molar-refractivity contribution is 7.89. The van der Waals surface area contributed by atoms with Gasteiger partial charge in [-0.1, -0.05) is 12.1 Å². The molecule has 0 amide bonds. The number of anilines is 2. The third-order valence-corrected chi connectivity index (χ3v) is 5.39. The monoisotopic (exact) mass is 437 g/mol. The van der Waals surface area contributed by atoms with Gasteiger partial charge in [-0.2, -0.15) is 0 Å². The van der Waals surface area contributed by atoms with Crippen molar-refractivity contribution < 1.29 is 17.9 Å². The minimum absolute atomic E-state index is 0.0861. The first-order chi connectivity index (χ1) is 14.9. The number of nitrogens with one attached hydrogen (secondary N) is 1. The van der Waals surface area contributed by atoms with E-state index in [9.17, 15) is 8.42 Å². The van der Waals surface area contributed by atoms with E-state index < -0.39 is 10.0 Å². The molecule has 0 unspecified atom stereocenters. The van der Waals surface area contributed by atoms with Crippen molar-refractivity contribution in [1.29, 1.82) is 0 Å². The number of rotatable bonds is 6. The Kier molecular flexibility index (Phi) is 5.40. The van der Waals surface area contributed by atoms with Crippen LogP contribution in [0.25, 0.3) is 22.4 Å². The van der Waals surface area contributed by atoms with Gasteiger partial charge in [0, 0.05) is 30.1 Å². The van der Waals surface area contributed by atoms with Gasteiger partial charge < -0.3 is 14.8 Å². The highest BCUT2D eigenvalue weighted by atomic mass is 32.2. The van der Waals surface area contributed by atoms with Gasteiger partial charge >= 0.3 is 0 Å². The van der Waals surface area contributed by atoms with Gasteiger partial charge in [-0.25, -0.2) is 23.5 Å². The Labute approximate surface area is 178 Å². The van der Waals surface area contributed by atoms with Crippen LogP contribution in [0.3, 0.4) is 0 Å². The average Bonchev–Trinajstić information content (AvgIpc) is 2.77. The van der Waals surface area contributed by atoms with Gasteiger partial charge in [0.15, 0.2) is 5.82 Å². The third kappa shape index (κ3) is 4.39. The van der Waals surface area contributed by atoms with Crippen LogP contribution in [-0.2, 0) is 10.0 Å². The van der Waals surface area contributed by atoms with Gasteiger partial charge in [0.2, 0.25) is 10.0 Å². The van der Waals surface area contributed by atoms with E-state index in [2.05, 4.69) is 15.3 Å². The first kappa shape index (κ1) is 20.5. The molecule has 158 valence electrons. The van der Waals surface area contributed by atoms with Crippen molar-refractivity contribution in [2.45, 2.75) is 4.90 Å². The maximum atomic E-state index is 11.6. The van der Waals surface area contributed by atoms with Gasteiger partial charge in [-0.3, -0.25) is 4.98 Å². The van der Waals surface area contributed by atoms with E-state index >= 15 is 0 Å². The lowest BCUT2D eigenvalue weighted by Gasteiger charge is -2.14. The zero-order chi connectivity index (χ0) is 22.0. The number of para-hydroxylation sites is 2. The maximum absolute atomic E-state index is 11.6. The number of pyridine rings is 1. The number of aromatic nitrogens is 3. The van der Waals surface area contributed by atoms with E-state index in [0.717, 1.165) is 0 Å². The first-order valence-corrected chi connectivity index (χ1v) is 10.7. The molecule has 0 aliphatic rings. The summed E-state index contributed by atoms with van der Waals surface area (Å²) in [5, 5.41) is 8.42. The Hall–Kier alpha value is -3.76. The molecule has 2 heterocycles. The average molecular weight is 437 g/mol. The van der Waals surface area contributed by atoms with Crippen LogP contribution in [0.5, 0.6) is 11.5 Å². The maximum Gasteiger partial charge on any atom is 0.239 e. The number of benzene rings is 2. The second-order valence-electron chi connectivity index (χ2n) is 6.56. The van der Waals surface area contributed by atoms with Crippen LogP contribution in [0.1, 0.15) is 0 Å². The van der Waals surface area contributed by atoms with E-state index in [4.69, 9.17) is 19.6 Å². The third-order valence-electron chi connectivity index (χ3n) is 4.49. The normalized spacial score (nSPS) is 11.3. The standard InChI is InChI=1S/C21H19N5O4S/c1-29-14-9-13(10-15(11-14)30-2)24-21-20(25-17-5-3-4-6-18(17)26-21)19-8-7-16(12-23-19)31(22,27)28/h3-12H,1-2H3,(H,24,26)(H2,22,27,28). The van der Waals surface area contributed by atoms with Crippen LogP contribution in [0, 0.1) is 0 Å². The Balaban J connectivity index is 1.84. The summed E-state index contributed by atoms with van der Waals surface area (Å²) in [6.07, 6.45) is 1.19. The Bertz CT molecular complexity index is 1340. The number of hydrogen-bond donors (Lipinski definition) is 2. The summed E-state index contributed by atoms with van der Waals surface area (Å²) in [6.45, 7) is 0. The topological polar surface area (TPSA) is 129 Å². The van der Waals surface area contributed by atoms with Crippen LogP contribution < -0.4 is 19.9 Å². The molecular formula is C21H19N5O4S. The zero-order valence-electron chi connectivity index (χ0n) is 16.7. The van der Waals surface area contributed by atoms with Crippen LogP contribution in [0.4, 0.5) is 11.5 Å². The molecule has 0 aliphatic carbocycles. The Morgan fingerprint density at radius 1 is 0.903 bits per heavy atom. The number of methoxy groups -OCH3 is 2. The van der Waals surface area contributed by atoms with E-state index in [1.165, 1.54) is 18.3 Å². The molecule has 2 aromatic heterocycles. The van der Waals surface area contributed by atoms with Crippen molar-refractivity contribution in [3.8, 4) is 22.9 Å². The fourth-order valence-corrected chi connectivity index (χ4v) is 3.43. The summed E-state index contributed by atoms with van der Waals surface area (Å²) in [6, 6.07) is 15.7. The zero-order valence-corrected chi connectivity index (χ0v) is 17.6. The molecule has 10 heteroatoms. The molecule has 4 aromatic rings. The largest absolute Gasteiger partial charge is 0.497 e. The van der Waals surface area contributed by atoms with Crippen molar-refractivity contribution in [1.82, 2.24) is 15.0 Å². The number of hydrogen-bond acceptors (Lipinski definition) is 8. The predicted octanol–water partition coefficient (Wildman–Crippen LogP) is 3.10. The smallest absolute Gasteiger partial charge is 0.239 e. The molecule has 0 radical (unpaired) electrons. The van der Waals surface area contributed by atoms with Crippen molar-refractivity contribution in [3.05, 3.63) is 60.8 Å². The Morgan fingerprint density at radius 2 is 1.55 bits per heavy atom. The van der Waals surface area contributed by atoms with Crippen molar-refractivity contribution >= 4 is 32.6 Å². The fourth-order valence-electron chi connectivity index (χ4n) is 2.97. The molecule has 0 spiro atoms. The Morgan fingerprint density at radius 3 is 2.10 bits per heavy atom. The minimum Gasteiger partial charge on any atom is -0.497 e. The van der Waals surface area contributed by atoms with Crippen molar-refractivity contribution in [2.24, 2.45) is 5.14 Å². The molecule has 3 N–H and O–H groups in total. The fraction of sp³-hybridized carbons (Fsp3) is 0.0952. The van der Waals surface area contributed by atoms with Crippen LogP contribution in [0.15, 0.2) is 65.7 Å². The number of sulfonamides is 1. The summed E-state index contributed by atoms with van der Waals surface area (Å²) < 4.78 is 33.8. The SMILES string of the molecule is COc1cc(Nc2nc3ccccc3nc2-c2ccc(S(N)(=O)=O)cn2)cc(OC)c1. The molecule has 0 bridgehead atoms. The van der Waals surface area contributed by atoms with Crippen LogP contribution in [-0.4, -0.2) is 37.6 Å². The molecular weight excluding hydrogens is 418 g/mol. The number of nitrogens with two attached hydrogens (primary N) is 1. The summed E-state index contributed by atoms with van der Waals surface area (Å²) in [5.74, 6) is 1.64. The summed E-state index contributed by atoms with van der Waals surface area (Å²) in [5.41, 5.74) is 2.90. The molecule has 0 atom stereocenters. The number of nitrogens with zero attached hydrogens (tertiary/aromatic N) is 3. The molecule has 0 saturated carbocycles. The lowest BCUT2D eigenvalue weighted by molar-refractivity contribution is 0.395. The summed E-state index contributed by atoms with van der Waals surface area (Å²) in [7, 11) is -0.720. The van der Waals surface area contributed by atoms with Gasteiger partial charge in [0.25, 0.3) is 0 Å². The molecule has 2 aromatic carbocycles. The molecule has 4 rings (SSSR count). The quantitative estimate of drug-likeness (QED) is 0.471. The number of primary sulfonamides is 1. The lowest BCUT2D eigenvalue weighted by atomic mass is 10.2. The number of ether oxygens (including phenoxy) is 2.